The molecule has 25 heteroatoms. The summed E-state index contributed by atoms with van der Waals surface area (Å²) in [5, 5.41) is 9.54. The number of aromatic amines is 1. The third-order valence-electron chi connectivity index (χ3n) is 9.00. The number of nitrogens with one attached hydrogen (secondary N) is 1. The van der Waals surface area contributed by atoms with E-state index >= 15 is 8.78 Å². The first-order valence-corrected chi connectivity index (χ1v) is 21.5. The average molecular weight is 854 g/mol. The Labute approximate surface area is 322 Å². The SMILES string of the molecule is Nc1ncnc2c1ncn2[C@@H]1O[C@@H]2COP(=O)(SCc3ccc(Oc4ccc(O)cc4)cc3)O[C@@H]3[C@H](F)[C@@H](COP(=O)(O)O[C@@H]1[C@@H]2F)O[C@H]3n1ccc(=O)[nH]c1=O. The second kappa shape index (κ2) is 15.7. The van der Waals surface area contributed by atoms with Gasteiger partial charge in [-0.1, -0.05) is 12.1 Å². The molecule has 0 radical (unpaired) electrons. The fraction of sp³-hybridized carbons (Fsp3) is 0.344. The van der Waals surface area contributed by atoms with Crippen molar-refractivity contribution in [2.45, 2.75) is 55.0 Å². The maximum absolute atomic E-state index is 16.3. The molecule has 8 rings (SSSR count). The van der Waals surface area contributed by atoms with Crippen LogP contribution in [0.3, 0.4) is 0 Å². The van der Waals surface area contributed by atoms with E-state index in [1.807, 2.05) is 4.98 Å². The van der Waals surface area contributed by atoms with Crippen LogP contribution in [0.4, 0.5) is 14.6 Å². The molecule has 3 aliphatic heterocycles. The number of nitrogen functional groups attached to an aromatic ring is 1. The summed E-state index contributed by atoms with van der Waals surface area (Å²) in [6.07, 6.45) is -11.8. The van der Waals surface area contributed by atoms with Gasteiger partial charge in [0, 0.05) is 18.0 Å². The van der Waals surface area contributed by atoms with Crippen molar-refractivity contribution < 1.29 is 60.2 Å². The minimum Gasteiger partial charge on any atom is -0.508 e. The molecular weight excluding hydrogens is 822 g/mol. The van der Waals surface area contributed by atoms with Gasteiger partial charge in [0.25, 0.3) is 5.56 Å². The lowest BCUT2D eigenvalue weighted by atomic mass is 10.1. The second-order valence-electron chi connectivity index (χ2n) is 12.8. The number of hydrogen-bond acceptors (Lipinski definition) is 17. The van der Waals surface area contributed by atoms with Crippen LogP contribution in [0.5, 0.6) is 17.2 Å². The normalized spacial score (nSPS) is 31.9. The number of imidazole rings is 1. The summed E-state index contributed by atoms with van der Waals surface area (Å²) in [6.45, 7) is -6.47. The van der Waals surface area contributed by atoms with Crippen molar-refractivity contribution in [3.8, 4) is 17.2 Å². The summed E-state index contributed by atoms with van der Waals surface area (Å²) in [6, 6.07) is 13.5. The summed E-state index contributed by atoms with van der Waals surface area (Å²) >= 11 is 0.601. The van der Waals surface area contributed by atoms with Crippen molar-refractivity contribution in [3.63, 3.8) is 0 Å². The standard InChI is InChI=1S/C32H31F2N7O13P2S/c33-23-21-12-49-56(47,57-13-16-1-5-18(6-2-16)50-19-7-3-17(42)4-8-19)54-27-24(34)20(51-30(27)40-10-9-22(43)39-32(40)44)11-48-55(45,46)53-26(23)31(52-21)41-15-38-25-28(35)36-14-37-29(25)41/h1-10,14-15,20-21,23-24,26-27,30-31,42H,11-13H2,(H,45,46)(H2,35,36,37)(H,39,43,44)/t20-,21-,23-,24-,26-,27-,30-,31-,56?/m1/s1. The van der Waals surface area contributed by atoms with E-state index in [9.17, 15) is 28.7 Å². The fourth-order valence-electron chi connectivity index (χ4n) is 6.24. The monoisotopic (exact) mass is 853 g/mol. The Bertz CT molecular complexity index is 2480. The van der Waals surface area contributed by atoms with Crippen LogP contribution in [0.15, 0.2) is 83.0 Å². The summed E-state index contributed by atoms with van der Waals surface area (Å²) in [5.41, 5.74) is 4.82. The van der Waals surface area contributed by atoms with Gasteiger partial charge in [0.2, 0.25) is 0 Å². The Hall–Kier alpha value is -4.54. The number of aromatic nitrogens is 6. The molecule has 57 heavy (non-hydrogen) atoms. The second-order valence-corrected chi connectivity index (χ2v) is 18.2. The van der Waals surface area contributed by atoms with Crippen LogP contribution < -0.4 is 21.7 Å². The number of hydrogen-bond donors (Lipinski definition) is 4. The third kappa shape index (κ3) is 8.26. The molecule has 0 spiro atoms. The minimum absolute atomic E-state index is 0.0201. The predicted molar refractivity (Wildman–Crippen MR) is 194 cm³/mol. The first kappa shape index (κ1) is 39.3. The van der Waals surface area contributed by atoms with Crippen LogP contribution in [0.2, 0.25) is 0 Å². The van der Waals surface area contributed by atoms with E-state index in [0.29, 0.717) is 28.4 Å². The highest BCUT2D eigenvalue weighted by atomic mass is 32.7. The topological polar surface area (TPSA) is 264 Å². The van der Waals surface area contributed by atoms with Crippen molar-refractivity contribution in [3.05, 3.63) is 99.9 Å². The Balaban J connectivity index is 1.11. The van der Waals surface area contributed by atoms with Gasteiger partial charge in [-0.2, -0.15) is 0 Å². The number of H-pyrrole nitrogens is 1. The first-order valence-electron chi connectivity index (χ1n) is 16.9. The predicted octanol–water partition coefficient (Wildman–Crippen LogP) is 3.89. The summed E-state index contributed by atoms with van der Waals surface area (Å²) < 4.78 is 102. The van der Waals surface area contributed by atoms with Gasteiger partial charge in [0.05, 0.1) is 19.5 Å². The highest BCUT2D eigenvalue weighted by Crippen LogP contribution is 2.65. The number of anilines is 1. The number of halogens is 2. The number of nitrogens with zero attached hydrogens (tertiary/aromatic N) is 5. The lowest BCUT2D eigenvalue weighted by Gasteiger charge is -2.27. The zero-order chi connectivity index (χ0) is 40.1. The molecule has 302 valence electrons. The summed E-state index contributed by atoms with van der Waals surface area (Å²) in [7, 11) is -5.25. The molecule has 2 unspecified atom stereocenters. The molecule has 0 saturated carbocycles. The van der Waals surface area contributed by atoms with Gasteiger partial charge in [-0.15, -0.1) is 0 Å². The van der Waals surface area contributed by atoms with Crippen molar-refractivity contribution in [2.75, 3.05) is 18.9 Å². The number of nitrogens with two attached hydrogens (primary N) is 1. The van der Waals surface area contributed by atoms with Crippen molar-refractivity contribution in [1.82, 2.24) is 29.1 Å². The molecule has 2 aromatic carbocycles. The van der Waals surface area contributed by atoms with Gasteiger partial charge in [-0.3, -0.25) is 37.0 Å². The molecule has 10 atom stereocenters. The van der Waals surface area contributed by atoms with E-state index < -0.39 is 88.3 Å². The fourth-order valence-corrected chi connectivity index (χ4v) is 10.5. The molecule has 5 aromatic rings. The maximum Gasteiger partial charge on any atom is 0.472 e. The number of aromatic hydroxyl groups is 1. The van der Waals surface area contributed by atoms with E-state index in [2.05, 4.69) is 15.0 Å². The molecule has 6 heterocycles. The molecule has 0 aliphatic carbocycles. The molecule has 0 amide bonds. The molecule has 20 nitrogen and oxygen atoms in total. The summed E-state index contributed by atoms with van der Waals surface area (Å²) in [4.78, 5) is 49.5. The zero-order valence-electron chi connectivity index (χ0n) is 28.9. The van der Waals surface area contributed by atoms with Crippen LogP contribution in [0.25, 0.3) is 11.2 Å². The van der Waals surface area contributed by atoms with Crippen LogP contribution in [0, 0.1) is 0 Å². The Kier molecular flexibility index (Phi) is 10.8. The molecule has 5 N–H and O–H groups in total. The van der Waals surface area contributed by atoms with Crippen LogP contribution in [-0.4, -0.2) is 89.0 Å². The van der Waals surface area contributed by atoms with E-state index in [4.69, 9.17) is 38.0 Å². The third-order valence-corrected chi connectivity index (χ3v) is 13.6. The van der Waals surface area contributed by atoms with Gasteiger partial charge in [-0.05, 0) is 53.3 Å². The highest BCUT2D eigenvalue weighted by molar-refractivity contribution is 8.54. The largest absolute Gasteiger partial charge is 0.508 e. The van der Waals surface area contributed by atoms with Gasteiger partial charge in [0.15, 0.2) is 36.3 Å². The van der Waals surface area contributed by atoms with Crippen molar-refractivity contribution >= 4 is 43.0 Å². The number of alkyl halides is 2. The molecule has 3 aromatic heterocycles. The lowest BCUT2D eigenvalue weighted by molar-refractivity contribution is -0.0648. The molecule has 3 fully saturated rings. The number of phosphoric acid groups is 1. The number of benzene rings is 2. The first-order chi connectivity index (χ1) is 27.3. The van der Waals surface area contributed by atoms with Gasteiger partial charge in [0.1, 0.15) is 53.5 Å². The average Bonchev–Trinajstić information content (AvgIpc) is 3.84. The number of phenols is 1. The van der Waals surface area contributed by atoms with Gasteiger partial charge < -0.3 is 29.9 Å². The maximum atomic E-state index is 16.3. The number of phenolic OH excluding ortho intramolecular Hbond substituents is 1. The van der Waals surface area contributed by atoms with Gasteiger partial charge in [-0.25, -0.2) is 37.7 Å². The Morgan fingerprint density at radius 3 is 2.19 bits per heavy atom. The Morgan fingerprint density at radius 1 is 0.877 bits per heavy atom. The lowest BCUT2D eigenvalue weighted by Crippen LogP contribution is -2.38. The quantitative estimate of drug-likeness (QED) is 0.169. The Morgan fingerprint density at radius 2 is 1.51 bits per heavy atom. The summed E-state index contributed by atoms with van der Waals surface area (Å²) in [5.74, 6) is 0.854. The number of rotatable bonds is 7. The number of fused-ring (bicyclic) bond motifs is 5. The number of phosphoric ester groups is 1. The van der Waals surface area contributed by atoms with E-state index in [1.54, 1.807) is 36.4 Å². The van der Waals surface area contributed by atoms with E-state index in [0.717, 1.165) is 23.2 Å². The van der Waals surface area contributed by atoms with E-state index in [-0.39, 0.29) is 28.5 Å². The number of ether oxygens (including phenoxy) is 3. The van der Waals surface area contributed by atoms with Crippen LogP contribution in [-0.2, 0) is 42.5 Å². The smallest absolute Gasteiger partial charge is 0.472 e. The molecular formula is C32H31F2N7O13P2S. The van der Waals surface area contributed by atoms with Crippen molar-refractivity contribution in [1.29, 1.82) is 0 Å². The van der Waals surface area contributed by atoms with Gasteiger partial charge >= 0.3 is 20.3 Å². The minimum atomic E-state index is -5.25. The van der Waals surface area contributed by atoms with E-state index in [1.165, 1.54) is 23.0 Å². The molecule has 3 aliphatic rings. The zero-order valence-corrected chi connectivity index (χ0v) is 31.5. The van der Waals surface area contributed by atoms with Crippen LogP contribution in [0.1, 0.15) is 18.0 Å². The molecule has 4 bridgehead atoms. The molecule has 3 saturated heterocycles. The van der Waals surface area contributed by atoms with Crippen molar-refractivity contribution in [2.24, 2.45) is 0 Å². The highest BCUT2D eigenvalue weighted by Gasteiger charge is 2.55. The van der Waals surface area contributed by atoms with Crippen LogP contribution >= 0.6 is 26.0 Å².